The summed E-state index contributed by atoms with van der Waals surface area (Å²) in [5.41, 5.74) is 1.34. The minimum atomic E-state index is -0.247. The van der Waals surface area contributed by atoms with Crippen LogP contribution in [0.4, 0.5) is 0 Å². The molecule has 2 atom stereocenters. The molecule has 0 radical (unpaired) electrons. The Balaban J connectivity index is 1.46. The summed E-state index contributed by atoms with van der Waals surface area (Å²) in [6.07, 6.45) is 5.99. The third-order valence-electron chi connectivity index (χ3n) is 6.68. The van der Waals surface area contributed by atoms with E-state index in [1.54, 1.807) is 6.20 Å². The molecule has 8 heteroatoms. The van der Waals surface area contributed by atoms with Crippen molar-refractivity contribution in [2.75, 3.05) is 13.1 Å². The second-order valence-corrected chi connectivity index (χ2v) is 9.80. The number of oxazole rings is 1. The molecule has 2 bridgehead atoms. The molecular weight excluding hydrogens is 394 g/mol. The molecule has 0 spiro atoms. The predicted octanol–water partition coefficient (Wildman–Crippen LogP) is 3.58. The zero-order valence-electron chi connectivity index (χ0n) is 19.4. The second-order valence-electron chi connectivity index (χ2n) is 9.80. The lowest BCUT2D eigenvalue weighted by atomic mass is 9.97. The number of carbonyl (C=O) groups is 2. The molecule has 0 saturated carbocycles. The van der Waals surface area contributed by atoms with Gasteiger partial charge in [0.1, 0.15) is 0 Å². The van der Waals surface area contributed by atoms with Crippen LogP contribution in [0.5, 0.6) is 0 Å². The third-order valence-corrected chi connectivity index (χ3v) is 6.68. The van der Waals surface area contributed by atoms with E-state index in [1.165, 1.54) is 6.20 Å². The molecule has 2 amide bonds. The second kappa shape index (κ2) is 7.80. The van der Waals surface area contributed by atoms with Crippen LogP contribution in [0.1, 0.15) is 92.4 Å². The minimum Gasteiger partial charge on any atom is -0.435 e. The van der Waals surface area contributed by atoms with Gasteiger partial charge in [-0.15, -0.1) is 0 Å². The van der Waals surface area contributed by atoms with Gasteiger partial charge in [0.2, 0.25) is 11.7 Å². The number of rotatable bonds is 5. The molecule has 2 aliphatic rings. The van der Waals surface area contributed by atoms with Crippen LogP contribution >= 0.6 is 0 Å². The molecule has 31 heavy (non-hydrogen) atoms. The van der Waals surface area contributed by atoms with Gasteiger partial charge < -0.3 is 14.2 Å². The molecule has 8 nitrogen and oxygen atoms in total. The first kappa shape index (κ1) is 21.6. The summed E-state index contributed by atoms with van der Waals surface area (Å²) in [7, 11) is 0. The Bertz CT molecular complexity index is 982. The standard InChI is InChI=1S/C23H33N5O3/c1-7-15(8-2)28-14(3)18(10-25-28)20(29)26-12-17-9-16(26)13-27(17)21(30)19-11-24-22(31-19)23(4,5)6/h10-11,15-17H,7-9,12-13H2,1-6H3/t16-,17-/m0/s1. The van der Waals surface area contributed by atoms with E-state index in [2.05, 4.69) is 23.9 Å². The molecular formula is C23H33N5O3. The average molecular weight is 428 g/mol. The van der Waals surface area contributed by atoms with Crippen molar-refractivity contribution in [3.8, 4) is 0 Å². The van der Waals surface area contributed by atoms with Gasteiger partial charge in [-0.3, -0.25) is 14.3 Å². The Morgan fingerprint density at radius 1 is 1.10 bits per heavy atom. The van der Waals surface area contributed by atoms with Crippen molar-refractivity contribution in [2.45, 2.75) is 84.3 Å². The van der Waals surface area contributed by atoms with Gasteiger partial charge in [-0.05, 0) is 26.2 Å². The van der Waals surface area contributed by atoms with E-state index in [1.807, 2.05) is 42.2 Å². The van der Waals surface area contributed by atoms with E-state index in [9.17, 15) is 9.59 Å². The maximum Gasteiger partial charge on any atom is 0.291 e. The Morgan fingerprint density at radius 3 is 2.23 bits per heavy atom. The fraction of sp³-hybridized carbons (Fsp3) is 0.652. The van der Waals surface area contributed by atoms with Crippen molar-refractivity contribution in [2.24, 2.45) is 0 Å². The van der Waals surface area contributed by atoms with Crippen molar-refractivity contribution < 1.29 is 14.0 Å². The summed E-state index contributed by atoms with van der Waals surface area (Å²) in [5.74, 6) is 0.712. The van der Waals surface area contributed by atoms with Crippen LogP contribution in [-0.4, -0.2) is 61.6 Å². The van der Waals surface area contributed by atoms with E-state index in [0.717, 1.165) is 25.0 Å². The van der Waals surface area contributed by atoms with E-state index >= 15 is 0 Å². The molecule has 4 heterocycles. The van der Waals surface area contributed by atoms with Crippen LogP contribution in [0, 0.1) is 6.92 Å². The first-order valence-electron chi connectivity index (χ1n) is 11.3. The molecule has 168 valence electrons. The molecule has 2 fully saturated rings. The Hall–Kier alpha value is -2.64. The molecule has 0 N–H and O–H groups in total. The topological polar surface area (TPSA) is 84.5 Å². The van der Waals surface area contributed by atoms with Crippen LogP contribution in [0.25, 0.3) is 0 Å². The first-order chi connectivity index (χ1) is 14.7. The number of amides is 2. The molecule has 0 aromatic carbocycles. The number of carbonyl (C=O) groups excluding carboxylic acids is 2. The van der Waals surface area contributed by atoms with Crippen molar-refractivity contribution in [3.63, 3.8) is 0 Å². The quantitative estimate of drug-likeness (QED) is 0.728. The monoisotopic (exact) mass is 427 g/mol. The summed E-state index contributed by atoms with van der Waals surface area (Å²) in [4.78, 5) is 34.3. The Labute approximate surface area is 183 Å². The van der Waals surface area contributed by atoms with Crippen LogP contribution < -0.4 is 0 Å². The zero-order chi connectivity index (χ0) is 22.5. The summed E-state index contributed by atoms with van der Waals surface area (Å²) in [6, 6.07) is 0.353. The van der Waals surface area contributed by atoms with Gasteiger partial charge >= 0.3 is 0 Å². The van der Waals surface area contributed by atoms with Gasteiger partial charge in [-0.25, -0.2) is 4.98 Å². The van der Waals surface area contributed by atoms with E-state index in [0.29, 0.717) is 30.6 Å². The zero-order valence-corrected chi connectivity index (χ0v) is 19.4. The Morgan fingerprint density at radius 2 is 1.71 bits per heavy atom. The average Bonchev–Trinajstić information content (AvgIpc) is 3.51. The number of hydrogen-bond acceptors (Lipinski definition) is 5. The molecule has 2 aromatic heterocycles. The number of aromatic nitrogens is 3. The number of piperazine rings is 1. The fourth-order valence-electron chi connectivity index (χ4n) is 4.82. The van der Waals surface area contributed by atoms with Gasteiger partial charge in [-0.2, -0.15) is 5.10 Å². The van der Waals surface area contributed by atoms with Gasteiger partial charge in [0.25, 0.3) is 11.8 Å². The molecule has 2 aromatic rings. The highest BCUT2D eigenvalue weighted by Crippen LogP contribution is 2.34. The lowest BCUT2D eigenvalue weighted by molar-refractivity contribution is 0.0506. The minimum absolute atomic E-state index is 0.0130. The van der Waals surface area contributed by atoms with Crippen molar-refractivity contribution >= 4 is 11.8 Å². The highest BCUT2D eigenvalue weighted by molar-refractivity contribution is 5.96. The molecule has 4 rings (SSSR count). The van der Waals surface area contributed by atoms with Crippen molar-refractivity contribution in [3.05, 3.63) is 35.3 Å². The molecule has 2 aliphatic heterocycles. The number of fused-ring (bicyclic) bond motifs is 2. The van der Waals surface area contributed by atoms with Gasteiger partial charge in [-0.1, -0.05) is 34.6 Å². The van der Waals surface area contributed by atoms with Gasteiger partial charge in [0.15, 0.2) is 0 Å². The maximum atomic E-state index is 13.3. The SMILES string of the molecule is CCC(CC)n1ncc(C(=O)N2C[C@@H]3C[C@H]2CN3C(=O)c2cnc(C(C)(C)C)o2)c1C. The van der Waals surface area contributed by atoms with Crippen LogP contribution in [-0.2, 0) is 5.41 Å². The van der Waals surface area contributed by atoms with Crippen molar-refractivity contribution in [1.29, 1.82) is 0 Å². The lowest BCUT2D eigenvalue weighted by Crippen LogP contribution is -2.50. The number of hydrogen-bond donors (Lipinski definition) is 0. The summed E-state index contributed by atoms with van der Waals surface area (Å²) in [5, 5.41) is 4.50. The highest BCUT2D eigenvalue weighted by atomic mass is 16.4. The number of nitrogens with zero attached hydrogens (tertiary/aromatic N) is 5. The van der Waals surface area contributed by atoms with Crippen LogP contribution in [0.3, 0.4) is 0 Å². The summed E-state index contributed by atoms with van der Waals surface area (Å²) in [6.45, 7) is 13.3. The largest absolute Gasteiger partial charge is 0.435 e. The first-order valence-corrected chi connectivity index (χ1v) is 11.3. The van der Waals surface area contributed by atoms with E-state index < -0.39 is 0 Å². The molecule has 0 unspecified atom stereocenters. The summed E-state index contributed by atoms with van der Waals surface area (Å²) >= 11 is 0. The highest BCUT2D eigenvalue weighted by Gasteiger charge is 2.48. The van der Waals surface area contributed by atoms with Gasteiger partial charge in [0, 0.05) is 24.2 Å². The van der Waals surface area contributed by atoms with Crippen LogP contribution in [0.15, 0.2) is 16.8 Å². The molecule has 2 saturated heterocycles. The number of likely N-dealkylation sites (tertiary alicyclic amines) is 2. The van der Waals surface area contributed by atoms with E-state index in [4.69, 9.17) is 4.42 Å². The maximum absolute atomic E-state index is 13.3. The van der Waals surface area contributed by atoms with Crippen LogP contribution in [0.2, 0.25) is 0 Å². The predicted molar refractivity (Wildman–Crippen MR) is 116 cm³/mol. The third kappa shape index (κ3) is 3.66. The smallest absolute Gasteiger partial charge is 0.291 e. The van der Waals surface area contributed by atoms with E-state index in [-0.39, 0.29) is 35.1 Å². The molecule has 0 aliphatic carbocycles. The lowest BCUT2D eigenvalue weighted by Gasteiger charge is -2.33. The Kier molecular flexibility index (Phi) is 5.43. The summed E-state index contributed by atoms with van der Waals surface area (Å²) < 4.78 is 7.72. The normalized spacial score (nSPS) is 20.9. The van der Waals surface area contributed by atoms with Gasteiger partial charge in [0.05, 0.1) is 36.1 Å². The van der Waals surface area contributed by atoms with Crippen molar-refractivity contribution in [1.82, 2.24) is 24.6 Å². The fourth-order valence-corrected chi connectivity index (χ4v) is 4.82.